The lowest BCUT2D eigenvalue weighted by molar-refractivity contribution is -0.384. The number of non-ortho nitro benzene ring substituents is 1. The van der Waals surface area contributed by atoms with Crippen LogP contribution in [-0.2, 0) is 9.47 Å². The molecule has 0 saturated heterocycles. The van der Waals surface area contributed by atoms with Crippen molar-refractivity contribution in [3.05, 3.63) is 50.4 Å². The first-order chi connectivity index (χ1) is 12.8. The molecular weight excluding hydrogens is 394 g/mol. The molecule has 0 fully saturated rings. The van der Waals surface area contributed by atoms with Gasteiger partial charge in [-0.25, -0.2) is 9.59 Å². The molecule has 0 aliphatic heterocycles. The molecule has 0 amide bonds. The van der Waals surface area contributed by atoms with E-state index in [0.29, 0.717) is 16.3 Å². The largest absolute Gasteiger partial charge is 0.465 e. The molecule has 0 radical (unpaired) electrons. The fourth-order valence-electron chi connectivity index (χ4n) is 2.20. The smallest absolute Gasteiger partial charge is 0.348 e. The van der Waals surface area contributed by atoms with E-state index >= 15 is 0 Å². The summed E-state index contributed by atoms with van der Waals surface area (Å²) in [4.78, 5) is 34.5. The van der Waals surface area contributed by atoms with Crippen molar-refractivity contribution in [2.75, 3.05) is 24.9 Å². The van der Waals surface area contributed by atoms with Crippen molar-refractivity contribution in [2.45, 2.75) is 6.92 Å². The van der Waals surface area contributed by atoms with E-state index in [0.717, 1.165) is 11.3 Å². The van der Waals surface area contributed by atoms with Crippen LogP contribution in [0.3, 0.4) is 0 Å². The Kier molecular flexibility index (Phi) is 6.42. The maximum atomic E-state index is 12.1. The quantitative estimate of drug-likeness (QED) is 0.331. The summed E-state index contributed by atoms with van der Waals surface area (Å²) >= 11 is 6.19. The van der Waals surface area contributed by atoms with Crippen LogP contribution < -0.4 is 10.6 Å². The Labute approximate surface area is 163 Å². The number of nitrogens with zero attached hydrogens (tertiary/aromatic N) is 1. The zero-order chi connectivity index (χ0) is 20.1. The van der Waals surface area contributed by atoms with Gasteiger partial charge in [0.2, 0.25) is 0 Å². The molecule has 142 valence electrons. The number of esters is 2. The van der Waals surface area contributed by atoms with E-state index in [1.54, 1.807) is 13.0 Å². The van der Waals surface area contributed by atoms with Crippen molar-refractivity contribution >= 4 is 57.0 Å². The van der Waals surface area contributed by atoms with Gasteiger partial charge in [0.15, 0.2) is 5.11 Å². The van der Waals surface area contributed by atoms with Crippen LogP contribution in [-0.4, -0.2) is 36.2 Å². The van der Waals surface area contributed by atoms with Gasteiger partial charge in [-0.1, -0.05) is 6.07 Å². The highest BCUT2D eigenvalue weighted by molar-refractivity contribution is 7.80. The van der Waals surface area contributed by atoms with Crippen LogP contribution in [0.15, 0.2) is 24.3 Å². The minimum Gasteiger partial charge on any atom is -0.465 e. The SMILES string of the molecule is COC(=O)c1sc(NC(=S)Nc2cccc([N+](=O)[O-])c2)c(C(=O)OC)c1C. The second-order valence-corrected chi connectivity index (χ2v) is 6.56. The fourth-order valence-corrected chi connectivity index (χ4v) is 3.60. The van der Waals surface area contributed by atoms with Crippen molar-refractivity contribution in [1.29, 1.82) is 0 Å². The van der Waals surface area contributed by atoms with Gasteiger partial charge >= 0.3 is 11.9 Å². The van der Waals surface area contributed by atoms with Crippen LogP contribution in [0.5, 0.6) is 0 Å². The summed E-state index contributed by atoms with van der Waals surface area (Å²) in [5.41, 5.74) is 0.853. The van der Waals surface area contributed by atoms with Gasteiger partial charge < -0.3 is 20.1 Å². The number of thiophene rings is 1. The van der Waals surface area contributed by atoms with E-state index in [2.05, 4.69) is 10.6 Å². The summed E-state index contributed by atoms with van der Waals surface area (Å²) in [5.74, 6) is -1.23. The molecule has 1 aromatic carbocycles. The van der Waals surface area contributed by atoms with Crippen molar-refractivity contribution in [3.8, 4) is 0 Å². The Balaban J connectivity index is 2.29. The Morgan fingerprint density at radius 1 is 1.19 bits per heavy atom. The molecule has 0 bridgehead atoms. The van der Waals surface area contributed by atoms with Crippen LogP contribution in [0.1, 0.15) is 25.6 Å². The summed E-state index contributed by atoms with van der Waals surface area (Å²) in [6, 6.07) is 5.77. The van der Waals surface area contributed by atoms with Crippen molar-refractivity contribution in [2.24, 2.45) is 0 Å². The van der Waals surface area contributed by atoms with Crippen molar-refractivity contribution in [1.82, 2.24) is 0 Å². The maximum Gasteiger partial charge on any atom is 0.348 e. The third-order valence-electron chi connectivity index (χ3n) is 3.45. The predicted molar refractivity (Wildman–Crippen MR) is 105 cm³/mol. The van der Waals surface area contributed by atoms with Gasteiger partial charge in [0.25, 0.3) is 5.69 Å². The third-order valence-corrected chi connectivity index (χ3v) is 4.84. The Morgan fingerprint density at radius 2 is 1.85 bits per heavy atom. The van der Waals surface area contributed by atoms with E-state index in [9.17, 15) is 19.7 Å². The summed E-state index contributed by atoms with van der Waals surface area (Å²) < 4.78 is 9.48. The first kappa shape index (κ1) is 20.3. The molecule has 9 nitrogen and oxygen atoms in total. The molecule has 2 aromatic rings. The minimum absolute atomic E-state index is 0.0818. The zero-order valence-corrected chi connectivity index (χ0v) is 16.2. The molecule has 0 spiro atoms. The molecule has 0 atom stereocenters. The number of ether oxygens (including phenoxy) is 2. The van der Waals surface area contributed by atoms with Crippen LogP contribution >= 0.6 is 23.6 Å². The topological polar surface area (TPSA) is 120 Å². The van der Waals surface area contributed by atoms with Gasteiger partial charge in [-0.15, -0.1) is 11.3 Å². The Hall–Kier alpha value is -3.05. The average molecular weight is 409 g/mol. The number of hydrogen-bond acceptors (Lipinski definition) is 8. The zero-order valence-electron chi connectivity index (χ0n) is 14.5. The number of anilines is 2. The van der Waals surface area contributed by atoms with Crippen molar-refractivity contribution in [3.63, 3.8) is 0 Å². The number of nitro groups is 1. The number of thiocarbonyl (C=S) groups is 1. The highest BCUT2D eigenvalue weighted by Gasteiger charge is 2.26. The minimum atomic E-state index is -0.639. The van der Waals surface area contributed by atoms with Crippen molar-refractivity contribution < 1.29 is 24.0 Å². The molecule has 0 aliphatic rings. The number of hydrogen-bond donors (Lipinski definition) is 2. The van der Waals surface area contributed by atoms with Gasteiger partial charge in [-0.3, -0.25) is 10.1 Å². The molecule has 1 heterocycles. The second-order valence-electron chi connectivity index (χ2n) is 5.13. The lowest BCUT2D eigenvalue weighted by atomic mass is 10.1. The van der Waals surface area contributed by atoms with Crippen LogP contribution in [0, 0.1) is 17.0 Å². The molecule has 1 aromatic heterocycles. The number of rotatable bonds is 5. The number of carbonyl (C=O) groups is 2. The van der Waals surface area contributed by atoms with E-state index in [1.165, 1.54) is 32.4 Å². The van der Waals surface area contributed by atoms with Crippen LogP contribution in [0.4, 0.5) is 16.4 Å². The molecule has 2 rings (SSSR count). The van der Waals surface area contributed by atoms with Gasteiger partial charge in [-0.2, -0.15) is 0 Å². The van der Waals surface area contributed by atoms with E-state index in [4.69, 9.17) is 21.7 Å². The van der Waals surface area contributed by atoms with E-state index < -0.39 is 16.9 Å². The lowest BCUT2D eigenvalue weighted by Crippen LogP contribution is -2.20. The van der Waals surface area contributed by atoms with Gasteiger partial charge in [0.05, 0.1) is 24.7 Å². The average Bonchev–Trinajstić information content (AvgIpc) is 2.96. The van der Waals surface area contributed by atoms with Gasteiger partial charge in [-0.05, 0) is 30.8 Å². The molecule has 27 heavy (non-hydrogen) atoms. The molecule has 0 unspecified atom stereocenters. The third kappa shape index (κ3) is 4.57. The lowest BCUT2D eigenvalue weighted by Gasteiger charge is -2.10. The molecule has 11 heteroatoms. The number of benzene rings is 1. The Bertz CT molecular complexity index is 925. The highest BCUT2D eigenvalue weighted by atomic mass is 32.1. The first-order valence-electron chi connectivity index (χ1n) is 7.41. The molecular formula is C16H15N3O6S2. The fraction of sp³-hybridized carbons (Fsp3) is 0.188. The van der Waals surface area contributed by atoms with Gasteiger partial charge in [0, 0.05) is 17.8 Å². The first-order valence-corrected chi connectivity index (χ1v) is 8.63. The summed E-state index contributed by atoms with van der Waals surface area (Å²) in [6.07, 6.45) is 0. The van der Waals surface area contributed by atoms with E-state index in [1.807, 2.05) is 0 Å². The monoisotopic (exact) mass is 409 g/mol. The number of nitrogens with one attached hydrogen (secondary N) is 2. The predicted octanol–water partition coefficient (Wildman–Crippen LogP) is 3.35. The van der Waals surface area contributed by atoms with Crippen LogP contribution in [0.25, 0.3) is 0 Å². The number of nitro benzene ring substituents is 1. The van der Waals surface area contributed by atoms with Gasteiger partial charge in [0.1, 0.15) is 9.88 Å². The summed E-state index contributed by atoms with van der Waals surface area (Å²) in [7, 11) is 2.46. The standard InChI is InChI=1S/C16H15N3O6S2/c1-8-11(14(20)24-2)13(27-12(8)15(21)25-3)18-16(26)17-9-5-4-6-10(7-9)19(22)23/h4-7H,1-3H3,(H2,17,18,26). The van der Waals surface area contributed by atoms with Crippen LogP contribution in [0.2, 0.25) is 0 Å². The second kappa shape index (κ2) is 8.56. The molecule has 2 N–H and O–H groups in total. The molecule has 0 aliphatic carbocycles. The summed E-state index contributed by atoms with van der Waals surface area (Å²) in [5, 5.41) is 16.8. The van der Waals surface area contributed by atoms with E-state index in [-0.39, 0.29) is 21.2 Å². The molecule has 0 saturated carbocycles. The Morgan fingerprint density at radius 3 is 2.44 bits per heavy atom. The number of methoxy groups -OCH3 is 2. The maximum absolute atomic E-state index is 12.1. The normalized spacial score (nSPS) is 10.0. The number of carbonyl (C=O) groups excluding carboxylic acids is 2. The summed E-state index contributed by atoms with van der Waals surface area (Å²) in [6.45, 7) is 1.59. The highest BCUT2D eigenvalue weighted by Crippen LogP contribution is 2.34.